The Morgan fingerprint density at radius 3 is 2.22 bits per heavy atom. The van der Waals surface area contributed by atoms with Crippen LogP contribution in [0.25, 0.3) is 0 Å². The largest absolute Gasteiger partial charge is 0.383 e. The van der Waals surface area contributed by atoms with E-state index in [-0.39, 0.29) is 11.6 Å². The van der Waals surface area contributed by atoms with Crippen LogP contribution in [0.5, 0.6) is 0 Å². The number of hydrogen-bond acceptors (Lipinski definition) is 4. The first-order chi connectivity index (χ1) is 4.18. The molecule has 0 aromatic carbocycles. The van der Waals surface area contributed by atoms with Gasteiger partial charge in [-0.2, -0.15) is 0 Å². The molecule has 0 aromatic heterocycles. The molecule has 0 atom stereocenters. The molecule has 6 N–H and O–H groups in total. The van der Waals surface area contributed by atoms with Crippen molar-refractivity contribution in [2.75, 3.05) is 0 Å². The lowest BCUT2D eigenvalue weighted by Gasteiger charge is -1.92. The van der Waals surface area contributed by atoms with Gasteiger partial charge in [-0.3, -0.25) is 0 Å². The van der Waals surface area contributed by atoms with Gasteiger partial charge < -0.3 is 17.2 Å². The van der Waals surface area contributed by atoms with E-state index in [2.05, 4.69) is 11.6 Å². The highest BCUT2D eigenvalue weighted by Gasteiger charge is 1.84. The maximum absolute atomic E-state index is 5.19. The topological polar surface area (TPSA) is 90.4 Å². The summed E-state index contributed by atoms with van der Waals surface area (Å²) in [6.07, 6.45) is 2.89. The summed E-state index contributed by atoms with van der Waals surface area (Å²) in [6.45, 7) is 3.38. The fourth-order valence-corrected chi connectivity index (χ4v) is 0.208. The van der Waals surface area contributed by atoms with Crippen LogP contribution >= 0.6 is 0 Å². The number of nitrogens with zero attached hydrogens (tertiary/aromatic N) is 1. The van der Waals surface area contributed by atoms with Gasteiger partial charge in [-0.1, -0.05) is 12.7 Å². The molecule has 0 fully saturated rings. The SMILES string of the molecule is C=CC=NC(N)=C(N)N. The van der Waals surface area contributed by atoms with Crippen molar-refractivity contribution in [3.63, 3.8) is 0 Å². The van der Waals surface area contributed by atoms with Gasteiger partial charge in [-0.15, -0.1) is 0 Å². The molecule has 0 bridgehead atoms. The first-order valence-corrected chi connectivity index (χ1v) is 2.34. The Labute approximate surface area is 53.7 Å². The zero-order chi connectivity index (χ0) is 7.28. The minimum absolute atomic E-state index is 0.0214. The van der Waals surface area contributed by atoms with Crippen LogP contribution in [0.15, 0.2) is 29.3 Å². The van der Waals surface area contributed by atoms with Crippen molar-refractivity contribution < 1.29 is 0 Å². The van der Waals surface area contributed by atoms with Gasteiger partial charge in [0.2, 0.25) is 0 Å². The van der Waals surface area contributed by atoms with Gasteiger partial charge in [0, 0.05) is 6.21 Å². The van der Waals surface area contributed by atoms with Crippen molar-refractivity contribution in [2.24, 2.45) is 22.2 Å². The highest BCUT2D eigenvalue weighted by atomic mass is 15.0. The molecule has 0 rings (SSSR count). The molecule has 50 valence electrons. The van der Waals surface area contributed by atoms with Gasteiger partial charge in [0.15, 0.2) is 5.82 Å². The third-order valence-corrected chi connectivity index (χ3v) is 0.615. The van der Waals surface area contributed by atoms with Gasteiger partial charge in [-0.25, -0.2) is 4.99 Å². The number of hydrogen-bond donors (Lipinski definition) is 3. The summed E-state index contributed by atoms with van der Waals surface area (Å²) >= 11 is 0. The van der Waals surface area contributed by atoms with E-state index in [9.17, 15) is 0 Å². The third-order valence-electron chi connectivity index (χ3n) is 0.615. The van der Waals surface area contributed by atoms with E-state index in [4.69, 9.17) is 17.2 Å². The normalized spacial score (nSPS) is 9.33. The molecular weight excluding hydrogens is 116 g/mol. The number of allylic oxidation sites excluding steroid dienone is 1. The Kier molecular flexibility index (Phi) is 2.97. The van der Waals surface area contributed by atoms with E-state index in [1.54, 1.807) is 0 Å². The second-order valence-corrected chi connectivity index (χ2v) is 1.35. The summed E-state index contributed by atoms with van der Waals surface area (Å²) in [6, 6.07) is 0. The zero-order valence-electron chi connectivity index (χ0n) is 5.04. The van der Waals surface area contributed by atoms with Crippen LogP contribution in [0.3, 0.4) is 0 Å². The van der Waals surface area contributed by atoms with E-state index >= 15 is 0 Å². The van der Waals surface area contributed by atoms with E-state index in [0.29, 0.717) is 0 Å². The van der Waals surface area contributed by atoms with Crippen molar-refractivity contribution in [1.82, 2.24) is 0 Å². The van der Waals surface area contributed by atoms with Gasteiger partial charge >= 0.3 is 0 Å². The first kappa shape index (κ1) is 7.55. The summed E-state index contributed by atoms with van der Waals surface area (Å²) in [7, 11) is 0. The van der Waals surface area contributed by atoms with Crippen molar-refractivity contribution in [2.45, 2.75) is 0 Å². The number of rotatable bonds is 2. The molecular formula is C5H10N4. The molecule has 0 aliphatic carbocycles. The molecule has 0 aliphatic heterocycles. The summed E-state index contributed by atoms with van der Waals surface area (Å²) in [5.74, 6) is 0.142. The average molecular weight is 126 g/mol. The number of aliphatic imine (C=N–C) groups is 1. The quantitative estimate of drug-likeness (QED) is 0.425. The molecule has 0 aliphatic rings. The molecule has 0 aromatic rings. The zero-order valence-corrected chi connectivity index (χ0v) is 5.04. The van der Waals surface area contributed by atoms with Crippen LogP contribution in [-0.4, -0.2) is 6.21 Å². The van der Waals surface area contributed by atoms with Gasteiger partial charge in [0.1, 0.15) is 5.82 Å². The first-order valence-electron chi connectivity index (χ1n) is 2.34. The lowest BCUT2D eigenvalue weighted by Crippen LogP contribution is -2.15. The third kappa shape index (κ3) is 3.16. The molecule has 0 amide bonds. The predicted octanol–water partition coefficient (Wildman–Crippen LogP) is -0.754. The van der Waals surface area contributed by atoms with Crippen molar-refractivity contribution in [3.05, 3.63) is 24.3 Å². The molecule has 0 unspecified atom stereocenters. The Bertz CT molecular complexity index is 152. The Balaban J connectivity index is 4.06. The molecule has 9 heavy (non-hydrogen) atoms. The lowest BCUT2D eigenvalue weighted by molar-refractivity contribution is 1.10. The summed E-state index contributed by atoms with van der Waals surface area (Å²) in [4.78, 5) is 3.61. The second-order valence-electron chi connectivity index (χ2n) is 1.35. The molecule has 0 spiro atoms. The monoisotopic (exact) mass is 126 g/mol. The maximum atomic E-state index is 5.19. The van der Waals surface area contributed by atoms with Gasteiger partial charge in [0.25, 0.3) is 0 Å². The van der Waals surface area contributed by atoms with Crippen LogP contribution in [-0.2, 0) is 0 Å². The lowest BCUT2D eigenvalue weighted by atomic mass is 10.6. The Hall–Kier alpha value is -1.45. The van der Waals surface area contributed by atoms with Gasteiger partial charge in [0.05, 0.1) is 0 Å². The second kappa shape index (κ2) is 3.54. The number of nitrogens with two attached hydrogens (primary N) is 3. The fraction of sp³-hybridized carbons (Fsp3) is 0. The minimum atomic E-state index is 0.0214. The molecule has 0 saturated heterocycles. The maximum Gasteiger partial charge on any atom is 0.163 e. The highest BCUT2D eigenvalue weighted by molar-refractivity contribution is 5.71. The van der Waals surface area contributed by atoms with E-state index < -0.39 is 0 Å². The van der Waals surface area contributed by atoms with Crippen LogP contribution in [0.2, 0.25) is 0 Å². The van der Waals surface area contributed by atoms with Crippen LogP contribution < -0.4 is 17.2 Å². The van der Waals surface area contributed by atoms with E-state index in [0.717, 1.165) is 0 Å². The van der Waals surface area contributed by atoms with Crippen molar-refractivity contribution in [3.8, 4) is 0 Å². The van der Waals surface area contributed by atoms with Crippen molar-refractivity contribution in [1.29, 1.82) is 0 Å². The fourth-order valence-electron chi connectivity index (χ4n) is 0.208. The van der Waals surface area contributed by atoms with Gasteiger partial charge in [-0.05, 0) is 0 Å². The van der Waals surface area contributed by atoms with E-state index in [1.165, 1.54) is 12.3 Å². The molecule has 4 heteroatoms. The summed E-state index contributed by atoms with van der Waals surface area (Å²) in [5.41, 5.74) is 15.3. The molecule has 0 heterocycles. The minimum Gasteiger partial charge on any atom is -0.383 e. The van der Waals surface area contributed by atoms with Crippen molar-refractivity contribution >= 4 is 6.21 Å². The van der Waals surface area contributed by atoms with Crippen LogP contribution in [0.4, 0.5) is 0 Å². The smallest absolute Gasteiger partial charge is 0.163 e. The molecule has 0 radical (unpaired) electrons. The molecule has 0 saturated carbocycles. The highest BCUT2D eigenvalue weighted by Crippen LogP contribution is 1.82. The van der Waals surface area contributed by atoms with E-state index in [1.807, 2.05) is 0 Å². The van der Waals surface area contributed by atoms with Crippen LogP contribution in [0, 0.1) is 0 Å². The van der Waals surface area contributed by atoms with Crippen LogP contribution in [0.1, 0.15) is 0 Å². The molecule has 4 nitrogen and oxygen atoms in total. The Morgan fingerprint density at radius 1 is 1.33 bits per heavy atom. The average Bonchev–Trinajstić information content (AvgIpc) is 1.82. The Morgan fingerprint density at radius 2 is 1.89 bits per heavy atom. The summed E-state index contributed by atoms with van der Waals surface area (Å²) < 4.78 is 0. The summed E-state index contributed by atoms with van der Waals surface area (Å²) in [5, 5.41) is 0. The predicted molar refractivity (Wildman–Crippen MR) is 38.3 cm³/mol. The standard InChI is InChI=1S/C5H10N4/c1-2-3-9-5(8)4(6)7/h2-3H,1,6-8H2.